The zero-order valence-corrected chi connectivity index (χ0v) is 64.8. The van der Waals surface area contributed by atoms with Crippen LogP contribution in [0.2, 0.25) is 0 Å². The van der Waals surface area contributed by atoms with Crippen LogP contribution in [0.3, 0.4) is 0 Å². The number of hydrogen-bond donors (Lipinski definition) is 6. The van der Waals surface area contributed by atoms with Gasteiger partial charge in [0.15, 0.2) is 6.29 Å². The van der Waals surface area contributed by atoms with Crippen LogP contribution < -0.4 is 5.32 Å². The summed E-state index contributed by atoms with van der Waals surface area (Å²) in [6.45, 7) is 4.41. The lowest BCUT2D eigenvalue weighted by Crippen LogP contribution is -2.60. The maximum absolute atomic E-state index is 13.1. The van der Waals surface area contributed by atoms with Gasteiger partial charge in [0.05, 0.1) is 32.0 Å². The van der Waals surface area contributed by atoms with E-state index >= 15 is 0 Å². The van der Waals surface area contributed by atoms with Crippen LogP contribution >= 0.6 is 0 Å². The highest BCUT2D eigenvalue weighted by molar-refractivity contribution is 5.76. The van der Waals surface area contributed by atoms with E-state index in [0.29, 0.717) is 19.4 Å². The van der Waals surface area contributed by atoms with Crippen molar-refractivity contribution < 1.29 is 49.3 Å². The SMILES string of the molecule is CCCCCCCCCCCCCC/C=C/C(O)C(COC1OC(CO)C(O)C(O)C1O)NC(=O)CCCCCCCCCCCCCCCCCCC/C=C\C/C=C\CCCCCCCCCCCCCCCCCOC(=O)CCCCCCCCCCCCCCCCCCC. The van der Waals surface area contributed by atoms with Gasteiger partial charge in [-0.2, -0.15) is 0 Å². The Hall–Kier alpha value is -2.12. The summed E-state index contributed by atoms with van der Waals surface area (Å²) < 4.78 is 16.8. The van der Waals surface area contributed by atoms with Crippen molar-refractivity contribution in [3.05, 3.63) is 36.5 Å². The number of rotatable bonds is 78. The van der Waals surface area contributed by atoms with Crippen molar-refractivity contribution in [2.45, 2.75) is 487 Å². The zero-order valence-electron chi connectivity index (χ0n) is 64.8. The Morgan fingerprint density at radius 1 is 0.378 bits per heavy atom. The molecule has 0 aromatic rings. The molecule has 1 heterocycles. The van der Waals surface area contributed by atoms with Crippen LogP contribution in [0.25, 0.3) is 0 Å². The number of aliphatic hydroxyl groups is 5. The molecule has 6 N–H and O–H groups in total. The molecule has 578 valence electrons. The second-order valence-corrected chi connectivity index (χ2v) is 30.2. The molecular weight excluding hydrogens is 1220 g/mol. The molecule has 0 radical (unpaired) electrons. The van der Waals surface area contributed by atoms with Gasteiger partial charge in [-0.1, -0.05) is 403 Å². The highest BCUT2D eigenvalue weighted by Crippen LogP contribution is 2.24. The number of allylic oxidation sites excluding steroid dienone is 5. The third kappa shape index (κ3) is 63.6. The summed E-state index contributed by atoms with van der Waals surface area (Å²) >= 11 is 0. The van der Waals surface area contributed by atoms with E-state index in [2.05, 4.69) is 43.5 Å². The summed E-state index contributed by atoms with van der Waals surface area (Å²) in [5.74, 6) is -0.156. The molecule has 1 rings (SSSR count). The number of aliphatic hydroxyl groups excluding tert-OH is 5. The highest BCUT2D eigenvalue weighted by atomic mass is 16.7. The summed E-state index contributed by atoms with van der Waals surface area (Å²) in [5.41, 5.74) is 0. The Kier molecular flexibility index (Phi) is 72.8. The Morgan fingerprint density at radius 3 is 1.03 bits per heavy atom. The Bertz CT molecular complexity index is 1720. The Balaban J connectivity index is 1.89. The summed E-state index contributed by atoms with van der Waals surface area (Å²) in [5, 5.41) is 54.6. The number of hydrogen-bond acceptors (Lipinski definition) is 10. The molecule has 1 aliphatic rings. The van der Waals surface area contributed by atoms with Crippen molar-refractivity contribution in [3.8, 4) is 0 Å². The Labute approximate surface area is 606 Å². The van der Waals surface area contributed by atoms with Crippen LogP contribution in [-0.2, 0) is 23.8 Å². The quantitative estimate of drug-likeness (QED) is 0.0195. The predicted molar refractivity (Wildman–Crippen MR) is 417 cm³/mol. The molecule has 98 heavy (non-hydrogen) atoms. The van der Waals surface area contributed by atoms with Crippen molar-refractivity contribution in [2.24, 2.45) is 0 Å². The molecule has 7 unspecified atom stereocenters. The van der Waals surface area contributed by atoms with E-state index in [0.717, 1.165) is 57.8 Å². The van der Waals surface area contributed by atoms with Crippen molar-refractivity contribution in [1.82, 2.24) is 5.32 Å². The second kappa shape index (κ2) is 76.0. The summed E-state index contributed by atoms with van der Waals surface area (Å²) in [4.78, 5) is 25.2. The van der Waals surface area contributed by atoms with Crippen molar-refractivity contribution in [2.75, 3.05) is 19.8 Å². The first-order valence-corrected chi connectivity index (χ1v) is 43.3. The lowest BCUT2D eigenvalue weighted by Gasteiger charge is -2.40. The third-order valence-electron chi connectivity index (χ3n) is 20.7. The number of carbonyl (C=O) groups is 2. The van der Waals surface area contributed by atoms with Crippen LogP contribution in [0, 0.1) is 0 Å². The van der Waals surface area contributed by atoms with E-state index in [1.807, 2.05) is 6.08 Å². The van der Waals surface area contributed by atoms with Gasteiger partial charge in [-0.25, -0.2) is 0 Å². The van der Waals surface area contributed by atoms with Crippen molar-refractivity contribution in [3.63, 3.8) is 0 Å². The van der Waals surface area contributed by atoms with Crippen LogP contribution in [0.5, 0.6) is 0 Å². The van der Waals surface area contributed by atoms with E-state index in [9.17, 15) is 35.1 Å². The first-order chi connectivity index (χ1) is 48.2. The highest BCUT2D eigenvalue weighted by Gasteiger charge is 2.44. The number of unbranched alkanes of at least 4 members (excludes halogenated alkanes) is 60. The van der Waals surface area contributed by atoms with E-state index in [-0.39, 0.29) is 18.5 Å². The molecule has 0 bridgehead atoms. The van der Waals surface area contributed by atoms with Crippen LogP contribution in [0.15, 0.2) is 36.5 Å². The maximum atomic E-state index is 13.1. The first-order valence-electron chi connectivity index (χ1n) is 43.3. The zero-order chi connectivity index (χ0) is 70.8. The van der Waals surface area contributed by atoms with Gasteiger partial charge >= 0.3 is 5.97 Å². The number of carbonyl (C=O) groups excluding carboxylic acids is 2. The standard InChI is InChI=1S/C87H165NO10/c1-3-5-7-9-11-13-15-17-19-43-47-51-55-59-63-67-71-75-83(92)96-76-72-68-64-60-56-52-48-45-42-40-38-36-34-32-30-28-26-24-22-20-21-23-25-27-29-31-33-35-37-39-41-44-46-50-54-58-62-66-70-74-82(91)88-79(78-97-87-86(95)85(94)84(93)81(77-89)98-87)80(90)73-69-65-61-57-53-49-18-16-14-12-10-8-6-4-2/h20-21,24,26,69,73,79-81,84-87,89-90,93-95H,3-19,22-23,25,27-68,70-72,74-78H2,1-2H3,(H,88,91)/b21-20-,26-24-,73-69+. The fourth-order valence-electron chi connectivity index (χ4n) is 14.0. The molecular formula is C87H165NO10. The fourth-order valence-corrected chi connectivity index (χ4v) is 14.0. The van der Waals surface area contributed by atoms with Crippen molar-refractivity contribution in [1.29, 1.82) is 0 Å². The largest absolute Gasteiger partial charge is 0.466 e. The Morgan fingerprint density at radius 2 is 0.684 bits per heavy atom. The molecule has 0 aliphatic carbocycles. The van der Waals surface area contributed by atoms with Gasteiger partial charge in [0, 0.05) is 12.8 Å². The van der Waals surface area contributed by atoms with E-state index < -0.39 is 49.5 Å². The van der Waals surface area contributed by atoms with E-state index in [1.165, 1.54) is 360 Å². The van der Waals surface area contributed by atoms with E-state index in [4.69, 9.17) is 14.2 Å². The molecule has 11 nitrogen and oxygen atoms in total. The van der Waals surface area contributed by atoms with Gasteiger partial charge in [-0.3, -0.25) is 9.59 Å². The number of ether oxygens (including phenoxy) is 3. The summed E-state index contributed by atoms with van der Waals surface area (Å²) in [7, 11) is 0. The molecule has 7 atom stereocenters. The van der Waals surface area contributed by atoms with Gasteiger partial charge in [0.25, 0.3) is 0 Å². The molecule has 1 aliphatic heterocycles. The lowest BCUT2D eigenvalue weighted by molar-refractivity contribution is -0.302. The monoisotopic (exact) mass is 1380 g/mol. The molecule has 1 amide bonds. The van der Waals surface area contributed by atoms with Gasteiger partial charge in [-0.15, -0.1) is 0 Å². The first kappa shape index (κ1) is 93.9. The van der Waals surface area contributed by atoms with Crippen LogP contribution in [-0.4, -0.2) is 100 Å². The van der Waals surface area contributed by atoms with Gasteiger partial charge in [-0.05, 0) is 64.2 Å². The minimum absolute atomic E-state index is 0.0195. The number of amides is 1. The summed E-state index contributed by atoms with van der Waals surface area (Å²) in [6.07, 6.45) is 90.5. The second-order valence-electron chi connectivity index (χ2n) is 30.2. The third-order valence-corrected chi connectivity index (χ3v) is 20.7. The topological polar surface area (TPSA) is 175 Å². The maximum Gasteiger partial charge on any atom is 0.305 e. The minimum Gasteiger partial charge on any atom is -0.466 e. The fraction of sp³-hybridized carbons (Fsp3) is 0.908. The normalized spacial score (nSPS) is 17.3. The van der Waals surface area contributed by atoms with Gasteiger partial charge in [0.2, 0.25) is 5.91 Å². The lowest BCUT2D eigenvalue weighted by atomic mass is 9.99. The van der Waals surface area contributed by atoms with Gasteiger partial charge < -0.3 is 45.1 Å². The summed E-state index contributed by atoms with van der Waals surface area (Å²) in [6, 6.07) is -0.808. The van der Waals surface area contributed by atoms with Crippen molar-refractivity contribution >= 4 is 11.9 Å². The minimum atomic E-state index is -1.57. The molecule has 0 saturated carbocycles. The average Bonchev–Trinajstić information content (AvgIpc) is 0.823. The molecule has 0 aromatic heterocycles. The van der Waals surface area contributed by atoms with Crippen LogP contribution in [0.1, 0.15) is 444 Å². The molecule has 0 spiro atoms. The van der Waals surface area contributed by atoms with Crippen LogP contribution in [0.4, 0.5) is 0 Å². The molecule has 0 aromatic carbocycles. The molecule has 1 saturated heterocycles. The van der Waals surface area contributed by atoms with Gasteiger partial charge in [0.1, 0.15) is 24.4 Å². The van der Waals surface area contributed by atoms with E-state index in [1.54, 1.807) is 6.08 Å². The number of esters is 1. The molecule has 11 heteroatoms. The number of nitrogens with one attached hydrogen (secondary N) is 1. The molecule has 1 fully saturated rings. The predicted octanol–water partition coefficient (Wildman–Crippen LogP) is 24.0. The average molecular weight is 1390 g/mol. The smallest absolute Gasteiger partial charge is 0.305 e.